The highest BCUT2D eigenvalue weighted by atomic mass is 16.2. The van der Waals surface area contributed by atoms with Crippen LogP contribution in [0.3, 0.4) is 0 Å². The van der Waals surface area contributed by atoms with Crippen LogP contribution in [0.2, 0.25) is 0 Å². The van der Waals surface area contributed by atoms with Gasteiger partial charge in [-0.25, -0.2) is 9.50 Å². The first kappa shape index (κ1) is 11.4. The molecular weight excluding hydrogens is 240 g/mol. The van der Waals surface area contributed by atoms with E-state index < -0.39 is 0 Å². The SMILES string of the molecule is Cc1ccnc(NC(=O)c2cc3ccccn3n2)c1. The van der Waals surface area contributed by atoms with Gasteiger partial charge in [0.15, 0.2) is 5.69 Å². The molecule has 19 heavy (non-hydrogen) atoms. The maximum absolute atomic E-state index is 12.1. The van der Waals surface area contributed by atoms with Crippen molar-refractivity contribution in [3.05, 3.63) is 60.0 Å². The lowest BCUT2D eigenvalue weighted by molar-refractivity contribution is 0.102. The molecule has 0 spiro atoms. The van der Waals surface area contributed by atoms with Crippen LogP contribution in [0.5, 0.6) is 0 Å². The van der Waals surface area contributed by atoms with Crippen LogP contribution in [-0.4, -0.2) is 20.5 Å². The molecule has 0 radical (unpaired) electrons. The molecule has 3 aromatic heterocycles. The number of carbonyl (C=O) groups is 1. The maximum atomic E-state index is 12.1. The molecule has 0 fully saturated rings. The van der Waals surface area contributed by atoms with Crippen molar-refractivity contribution in [1.29, 1.82) is 0 Å². The minimum atomic E-state index is -0.262. The number of aryl methyl sites for hydroxylation is 1. The number of fused-ring (bicyclic) bond motifs is 1. The molecule has 0 unspecified atom stereocenters. The van der Waals surface area contributed by atoms with Gasteiger partial charge in [0.25, 0.3) is 5.91 Å². The second-order valence-corrected chi connectivity index (χ2v) is 4.27. The molecule has 0 atom stereocenters. The molecule has 3 heterocycles. The lowest BCUT2D eigenvalue weighted by atomic mass is 10.3. The monoisotopic (exact) mass is 252 g/mol. The van der Waals surface area contributed by atoms with Gasteiger partial charge in [-0.05, 0) is 42.8 Å². The van der Waals surface area contributed by atoms with Crippen molar-refractivity contribution in [3.8, 4) is 0 Å². The summed E-state index contributed by atoms with van der Waals surface area (Å²) in [6.45, 7) is 1.95. The zero-order valence-electron chi connectivity index (χ0n) is 10.4. The van der Waals surface area contributed by atoms with Gasteiger partial charge in [-0.15, -0.1) is 0 Å². The van der Waals surface area contributed by atoms with Gasteiger partial charge < -0.3 is 5.32 Å². The fourth-order valence-electron chi connectivity index (χ4n) is 1.83. The molecule has 1 N–H and O–H groups in total. The molecule has 0 aliphatic heterocycles. The Morgan fingerprint density at radius 1 is 1.26 bits per heavy atom. The van der Waals surface area contributed by atoms with Crippen molar-refractivity contribution in [3.63, 3.8) is 0 Å². The zero-order chi connectivity index (χ0) is 13.2. The zero-order valence-corrected chi connectivity index (χ0v) is 10.4. The van der Waals surface area contributed by atoms with E-state index in [4.69, 9.17) is 0 Å². The topological polar surface area (TPSA) is 59.3 Å². The highest BCUT2D eigenvalue weighted by molar-refractivity contribution is 6.03. The van der Waals surface area contributed by atoms with Gasteiger partial charge in [0.2, 0.25) is 0 Å². The van der Waals surface area contributed by atoms with Crippen LogP contribution in [0, 0.1) is 6.92 Å². The van der Waals surface area contributed by atoms with E-state index in [0.717, 1.165) is 11.1 Å². The summed E-state index contributed by atoms with van der Waals surface area (Å²) >= 11 is 0. The normalized spacial score (nSPS) is 10.6. The van der Waals surface area contributed by atoms with Gasteiger partial charge in [0, 0.05) is 12.4 Å². The number of amides is 1. The Morgan fingerprint density at radius 3 is 2.95 bits per heavy atom. The Hall–Kier alpha value is -2.69. The summed E-state index contributed by atoms with van der Waals surface area (Å²) < 4.78 is 1.67. The van der Waals surface area contributed by atoms with Crippen molar-refractivity contribution in [2.24, 2.45) is 0 Å². The summed E-state index contributed by atoms with van der Waals surface area (Å²) in [5, 5.41) is 6.94. The molecule has 1 amide bonds. The molecular formula is C14H12N4O. The molecule has 0 aliphatic rings. The molecule has 0 saturated carbocycles. The summed E-state index contributed by atoms with van der Waals surface area (Å²) in [6.07, 6.45) is 3.46. The standard InChI is InChI=1S/C14H12N4O/c1-10-5-6-15-13(8-10)16-14(19)12-9-11-4-2-3-7-18(11)17-12/h2-9H,1H3,(H,15,16,19). The van der Waals surface area contributed by atoms with Gasteiger partial charge >= 0.3 is 0 Å². The molecule has 3 aromatic rings. The van der Waals surface area contributed by atoms with Crippen LogP contribution in [0.4, 0.5) is 5.82 Å². The second kappa shape index (κ2) is 4.53. The highest BCUT2D eigenvalue weighted by Crippen LogP contribution is 2.10. The third kappa shape index (κ3) is 2.30. The summed E-state index contributed by atoms with van der Waals surface area (Å²) in [5.41, 5.74) is 2.29. The smallest absolute Gasteiger partial charge is 0.277 e. The first-order valence-corrected chi connectivity index (χ1v) is 5.91. The first-order valence-electron chi connectivity index (χ1n) is 5.91. The molecule has 3 rings (SSSR count). The summed E-state index contributed by atoms with van der Waals surface area (Å²) in [5.74, 6) is 0.267. The number of aromatic nitrogens is 3. The van der Waals surface area contributed by atoms with Gasteiger partial charge in [-0.1, -0.05) is 6.07 Å². The van der Waals surface area contributed by atoms with Crippen molar-refractivity contribution >= 4 is 17.2 Å². The number of nitrogens with zero attached hydrogens (tertiary/aromatic N) is 3. The number of nitrogens with one attached hydrogen (secondary N) is 1. The number of rotatable bonds is 2. The first-order chi connectivity index (χ1) is 9.22. The molecule has 0 bridgehead atoms. The predicted molar refractivity (Wildman–Crippen MR) is 72.1 cm³/mol. The van der Waals surface area contributed by atoms with Crippen LogP contribution >= 0.6 is 0 Å². The summed E-state index contributed by atoms with van der Waals surface area (Å²) in [6, 6.07) is 11.1. The Labute approximate surface area is 109 Å². The van der Waals surface area contributed by atoms with E-state index in [1.54, 1.807) is 23.0 Å². The van der Waals surface area contributed by atoms with E-state index in [1.807, 2.05) is 37.3 Å². The van der Waals surface area contributed by atoms with Crippen LogP contribution in [0.25, 0.3) is 5.52 Å². The van der Waals surface area contributed by atoms with Gasteiger partial charge in [-0.2, -0.15) is 5.10 Å². The number of carbonyl (C=O) groups excluding carboxylic acids is 1. The highest BCUT2D eigenvalue weighted by Gasteiger charge is 2.11. The van der Waals surface area contributed by atoms with E-state index in [-0.39, 0.29) is 5.91 Å². The van der Waals surface area contributed by atoms with E-state index in [1.165, 1.54) is 0 Å². The number of hydrogen-bond donors (Lipinski definition) is 1. The molecule has 0 aromatic carbocycles. The Bertz CT molecular complexity index is 715. The largest absolute Gasteiger partial charge is 0.305 e. The number of pyridine rings is 2. The predicted octanol–water partition coefficient (Wildman–Crippen LogP) is 2.29. The van der Waals surface area contributed by atoms with Gasteiger partial charge in [0.1, 0.15) is 5.82 Å². The molecule has 0 aliphatic carbocycles. The van der Waals surface area contributed by atoms with Crippen LogP contribution < -0.4 is 5.32 Å². The third-order valence-electron chi connectivity index (χ3n) is 2.76. The van der Waals surface area contributed by atoms with Crippen molar-refractivity contribution < 1.29 is 4.79 Å². The summed E-state index contributed by atoms with van der Waals surface area (Å²) in [7, 11) is 0. The minimum absolute atomic E-state index is 0.262. The average molecular weight is 252 g/mol. The summed E-state index contributed by atoms with van der Waals surface area (Å²) in [4.78, 5) is 16.2. The molecule has 0 saturated heterocycles. The number of hydrogen-bond acceptors (Lipinski definition) is 3. The fraction of sp³-hybridized carbons (Fsp3) is 0.0714. The van der Waals surface area contributed by atoms with E-state index in [0.29, 0.717) is 11.5 Å². The second-order valence-electron chi connectivity index (χ2n) is 4.27. The lowest BCUT2D eigenvalue weighted by Crippen LogP contribution is -2.13. The van der Waals surface area contributed by atoms with Crippen LogP contribution in [-0.2, 0) is 0 Å². The van der Waals surface area contributed by atoms with Crippen LogP contribution in [0.1, 0.15) is 16.1 Å². The van der Waals surface area contributed by atoms with Crippen LogP contribution in [0.15, 0.2) is 48.8 Å². The third-order valence-corrected chi connectivity index (χ3v) is 2.76. The average Bonchev–Trinajstić information content (AvgIpc) is 2.82. The lowest BCUT2D eigenvalue weighted by Gasteiger charge is -2.02. The van der Waals surface area contributed by atoms with E-state index in [2.05, 4.69) is 15.4 Å². The minimum Gasteiger partial charge on any atom is -0.305 e. The maximum Gasteiger partial charge on any atom is 0.277 e. The Morgan fingerprint density at radius 2 is 2.16 bits per heavy atom. The van der Waals surface area contributed by atoms with Crippen molar-refractivity contribution in [1.82, 2.24) is 14.6 Å². The molecule has 94 valence electrons. The molecule has 5 heteroatoms. The van der Waals surface area contributed by atoms with E-state index >= 15 is 0 Å². The number of anilines is 1. The van der Waals surface area contributed by atoms with Crippen molar-refractivity contribution in [2.75, 3.05) is 5.32 Å². The van der Waals surface area contributed by atoms with Gasteiger partial charge in [0.05, 0.1) is 5.52 Å². The van der Waals surface area contributed by atoms with Crippen molar-refractivity contribution in [2.45, 2.75) is 6.92 Å². The Kier molecular flexibility index (Phi) is 2.72. The molecule has 5 nitrogen and oxygen atoms in total. The fourth-order valence-corrected chi connectivity index (χ4v) is 1.83. The van der Waals surface area contributed by atoms with E-state index in [9.17, 15) is 4.79 Å². The van der Waals surface area contributed by atoms with Gasteiger partial charge in [-0.3, -0.25) is 4.79 Å². The Balaban J connectivity index is 1.87. The quantitative estimate of drug-likeness (QED) is 0.761.